The third-order valence-corrected chi connectivity index (χ3v) is 2.04. The topological polar surface area (TPSA) is 52.0 Å². The summed E-state index contributed by atoms with van der Waals surface area (Å²) in [7, 11) is 0. The molecule has 0 saturated carbocycles. The highest BCUT2D eigenvalue weighted by molar-refractivity contribution is 5.57. The summed E-state index contributed by atoms with van der Waals surface area (Å²) in [6, 6.07) is 9.85. The van der Waals surface area contributed by atoms with E-state index in [1.807, 2.05) is 30.3 Å². The van der Waals surface area contributed by atoms with E-state index >= 15 is 0 Å². The van der Waals surface area contributed by atoms with Crippen molar-refractivity contribution in [3.8, 4) is 11.3 Å². The first-order valence-corrected chi connectivity index (χ1v) is 4.96. The Morgan fingerprint density at radius 1 is 1.12 bits per heavy atom. The van der Waals surface area contributed by atoms with Crippen LogP contribution in [0.4, 0.5) is 0 Å². The molecule has 0 bridgehead atoms. The number of hydrogen-bond acceptors (Lipinski definition) is 3. The third kappa shape index (κ3) is 2.39. The fourth-order valence-electron chi connectivity index (χ4n) is 1.30. The number of nitrogens with two attached hydrogens (primary N) is 1. The Bertz CT molecular complexity index is 498. The van der Waals surface area contributed by atoms with Gasteiger partial charge in [-0.15, -0.1) is 0 Å². The van der Waals surface area contributed by atoms with Gasteiger partial charge in [0.25, 0.3) is 0 Å². The molecule has 1 aromatic carbocycles. The number of hydrogen-bond donors (Lipinski definition) is 1. The summed E-state index contributed by atoms with van der Waals surface area (Å²) in [5.41, 5.74) is 6.22. The number of nitrogens with zero attached hydrogens (tertiary/aromatic N) is 1. The summed E-state index contributed by atoms with van der Waals surface area (Å²) in [5, 5.41) is 0. The molecular weight excluding hydrogens is 200 g/mol. The van der Waals surface area contributed by atoms with E-state index in [0.29, 0.717) is 5.89 Å². The summed E-state index contributed by atoms with van der Waals surface area (Å²) in [5.74, 6) is 1.33. The number of benzene rings is 1. The molecule has 1 aromatic heterocycles. The molecule has 0 fully saturated rings. The predicted molar refractivity (Wildman–Crippen MR) is 64.3 cm³/mol. The molecule has 3 nitrogen and oxygen atoms in total. The van der Waals surface area contributed by atoms with Crippen molar-refractivity contribution in [2.24, 2.45) is 5.73 Å². The lowest BCUT2D eigenvalue weighted by Crippen LogP contribution is -1.72. The summed E-state index contributed by atoms with van der Waals surface area (Å²) < 4.78 is 5.54. The maximum absolute atomic E-state index is 5.54. The number of oxazole rings is 1. The molecule has 0 spiro atoms. The van der Waals surface area contributed by atoms with Crippen LogP contribution < -0.4 is 5.73 Å². The smallest absolute Gasteiger partial charge is 0.219 e. The zero-order valence-corrected chi connectivity index (χ0v) is 8.71. The Kier molecular flexibility index (Phi) is 3.18. The molecular formula is C13H12N2O. The van der Waals surface area contributed by atoms with Gasteiger partial charge in [0.1, 0.15) is 0 Å². The van der Waals surface area contributed by atoms with Crippen LogP contribution in [0.15, 0.2) is 59.3 Å². The van der Waals surface area contributed by atoms with E-state index in [4.69, 9.17) is 10.2 Å². The number of rotatable bonds is 3. The van der Waals surface area contributed by atoms with Crippen LogP contribution in [-0.4, -0.2) is 4.98 Å². The molecule has 16 heavy (non-hydrogen) atoms. The van der Waals surface area contributed by atoms with Crippen LogP contribution in [-0.2, 0) is 0 Å². The van der Waals surface area contributed by atoms with Gasteiger partial charge in [-0.2, -0.15) is 0 Å². The van der Waals surface area contributed by atoms with Crippen LogP contribution in [0.3, 0.4) is 0 Å². The normalized spacial score (nSPS) is 11.5. The van der Waals surface area contributed by atoms with Gasteiger partial charge in [-0.05, 0) is 12.3 Å². The zero-order valence-electron chi connectivity index (χ0n) is 8.71. The van der Waals surface area contributed by atoms with E-state index < -0.39 is 0 Å². The van der Waals surface area contributed by atoms with Crippen molar-refractivity contribution < 1.29 is 4.42 Å². The molecule has 0 radical (unpaired) electrons. The lowest BCUT2D eigenvalue weighted by atomic mass is 10.2. The van der Waals surface area contributed by atoms with Crippen molar-refractivity contribution in [2.45, 2.75) is 0 Å². The van der Waals surface area contributed by atoms with Crippen LogP contribution in [0.1, 0.15) is 5.89 Å². The monoisotopic (exact) mass is 212 g/mol. The third-order valence-electron chi connectivity index (χ3n) is 2.04. The second-order valence-electron chi connectivity index (χ2n) is 3.17. The van der Waals surface area contributed by atoms with E-state index in [1.165, 1.54) is 6.20 Å². The Labute approximate surface area is 93.9 Å². The lowest BCUT2D eigenvalue weighted by molar-refractivity contribution is 0.560. The molecule has 0 atom stereocenters. The summed E-state index contributed by atoms with van der Waals surface area (Å²) in [6.45, 7) is 0. The zero-order chi connectivity index (χ0) is 11.2. The molecule has 2 rings (SSSR count). The second-order valence-corrected chi connectivity index (χ2v) is 3.17. The molecule has 0 aliphatic rings. The minimum Gasteiger partial charge on any atom is -0.437 e. The molecule has 80 valence electrons. The average Bonchev–Trinajstić information content (AvgIpc) is 2.79. The van der Waals surface area contributed by atoms with Gasteiger partial charge in [-0.1, -0.05) is 36.4 Å². The summed E-state index contributed by atoms with van der Waals surface area (Å²) in [6.07, 6.45) is 8.42. The first kappa shape index (κ1) is 10.2. The van der Waals surface area contributed by atoms with Gasteiger partial charge in [-0.25, -0.2) is 4.98 Å². The van der Waals surface area contributed by atoms with Crippen molar-refractivity contribution in [3.63, 3.8) is 0 Å². The first-order valence-electron chi connectivity index (χ1n) is 4.96. The van der Waals surface area contributed by atoms with E-state index in [-0.39, 0.29) is 0 Å². The Balaban J connectivity index is 2.20. The molecule has 1 heterocycles. The molecule has 2 N–H and O–H groups in total. The predicted octanol–water partition coefficient (Wildman–Crippen LogP) is 2.83. The molecule has 2 aromatic rings. The molecule has 0 aliphatic carbocycles. The van der Waals surface area contributed by atoms with Crippen molar-refractivity contribution in [3.05, 3.63) is 60.8 Å². The first-order chi connectivity index (χ1) is 7.90. The summed E-state index contributed by atoms with van der Waals surface area (Å²) >= 11 is 0. The van der Waals surface area contributed by atoms with E-state index in [9.17, 15) is 0 Å². The van der Waals surface area contributed by atoms with Crippen LogP contribution in [0.25, 0.3) is 17.4 Å². The highest BCUT2D eigenvalue weighted by Gasteiger charge is 2.02. The molecule has 0 saturated heterocycles. The van der Waals surface area contributed by atoms with Gasteiger partial charge in [0, 0.05) is 11.6 Å². The van der Waals surface area contributed by atoms with E-state index in [1.54, 1.807) is 24.4 Å². The van der Waals surface area contributed by atoms with Gasteiger partial charge in [0.15, 0.2) is 5.76 Å². The van der Waals surface area contributed by atoms with E-state index in [2.05, 4.69) is 4.98 Å². The largest absolute Gasteiger partial charge is 0.437 e. The van der Waals surface area contributed by atoms with Crippen molar-refractivity contribution in [1.29, 1.82) is 0 Å². The van der Waals surface area contributed by atoms with Crippen LogP contribution >= 0.6 is 0 Å². The average molecular weight is 212 g/mol. The second kappa shape index (κ2) is 4.98. The Morgan fingerprint density at radius 2 is 1.94 bits per heavy atom. The van der Waals surface area contributed by atoms with E-state index in [0.717, 1.165) is 11.3 Å². The van der Waals surface area contributed by atoms with Crippen molar-refractivity contribution in [1.82, 2.24) is 4.98 Å². The van der Waals surface area contributed by atoms with Gasteiger partial charge < -0.3 is 10.2 Å². The van der Waals surface area contributed by atoms with Gasteiger partial charge >= 0.3 is 0 Å². The standard InChI is InChI=1S/C13H12N2O/c14-9-5-4-8-13-15-10-12(16-13)11-6-2-1-3-7-11/h1-10H,14H2/b8-4+,9-5+. The molecule has 0 amide bonds. The minimum absolute atomic E-state index is 0.567. The number of allylic oxidation sites excluding steroid dienone is 2. The highest BCUT2D eigenvalue weighted by atomic mass is 16.4. The Hall–Kier alpha value is -2.29. The maximum atomic E-state index is 5.54. The molecule has 0 aliphatic heterocycles. The van der Waals surface area contributed by atoms with Crippen LogP contribution in [0, 0.1) is 0 Å². The van der Waals surface area contributed by atoms with Gasteiger partial charge in [0.05, 0.1) is 6.20 Å². The Morgan fingerprint density at radius 3 is 2.69 bits per heavy atom. The lowest BCUT2D eigenvalue weighted by Gasteiger charge is -1.92. The SMILES string of the molecule is N/C=C/C=C/c1ncc(-c2ccccc2)o1. The quantitative estimate of drug-likeness (QED) is 0.796. The molecule has 0 unspecified atom stereocenters. The fraction of sp³-hybridized carbons (Fsp3) is 0. The van der Waals surface area contributed by atoms with Crippen LogP contribution in [0.2, 0.25) is 0 Å². The number of aromatic nitrogens is 1. The fourth-order valence-corrected chi connectivity index (χ4v) is 1.30. The maximum Gasteiger partial charge on any atom is 0.219 e. The van der Waals surface area contributed by atoms with Crippen LogP contribution in [0.5, 0.6) is 0 Å². The van der Waals surface area contributed by atoms with Crippen molar-refractivity contribution >= 4 is 6.08 Å². The van der Waals surface area contributed by atoms with Gasteiger partial charge in [-0.3, -0.25) is 0 Å². The van der Waals surface area contributed by atoms with Crippen molar-refractivity contribution in [2.75, 3.05) is 0 Å². The van der Waals surface area contributed by atoms with Gasteiger partial charge in [0.2, 0.25) is 5.89 Å². The molecule has 3 heteroatoms. The summed E-state index contributed by atoms with van der Waals surface area (Å²) in [4.78, 5) is 4.14. The highest BCUT2D eigenvalue weighted by Crippen LogP contribution is 2.19. The minimum atomic E-state index is 0.567.